The zero-order valence-corrected chi connectivity index (χ0v) is 12.8. The third-order valence-electron chi connectivity index (χ3n) is 3.65. The maximum atomic E-state index is 13.5. The number of nitrogens with one attached hydrogen (secondary N) is 2. The molecule has 130 valence electrons. The van der Waals surface area contributed by atoms with Crippen molar-refractivity contribution in [3.8, 4) is 11.1 Å². The number of hydrazone groups is 1. The Bertz CT molecular complexity index is 898. The summed E-state index contributed by atoms with van der Waals surface area (Å²) in [4.78, 5) is 24.6. The number of hydrogen-bond acceptors (Lipinski definition) is 4. The number of halogens is 3. The van der Waals surface area contributed by atoms with Crippen LogP contribution < -0.4 is 11.0 Å². The number of benzene rings is 1. The summed E-state index contributed by atoms with van der Waals surface area (Å²) in [5.74, 6) is 0. The van der Waals surface area contributed by atoms with Gasteiger partial charge >= 0.3 is 12.3 Å². The van der Waals surface area contributed by atoms with Gasteiger partial charge in [0.05, 0.1) is 5.56 Å². The van der Waals surface area contributed by atoms with Gasteiger partial charge in [-0.3, -0.25) is 4.79 Å². The van der Waals surface area contributed by atoms with Gasteiger partial charge < -0.3 is 9.72 Å². The summed E-state index contributed by atoms with van der Waals surface area (Å²) in [6, 6.07) is 6.15. The number of pyridine rings is 1. The molecule has 1 aromatic carbocycles. The molecule has 0 saturated carbocycles. The highest BCUT2D eigenvalue weighted by Crippen LogP contribution is 2.37. The molecule has 1 amide bonds. The predicted octanol–water partition coefficient (Wildman–Crippen LogP) is 2.89. The molecule has 6 nitrogen and oxygen atoms in total. The molecule has 1 aliphatic heterocycles. The maximum Gasteiger partial charge on any atom is 0.428 e. The van der Waals surface area contributed by atoms with Crippen molar-refractivity contribution in [2.24, 2.45) is 5.10 Å². The van der Waals surface area contributed by atoms with Gasteiger partial charge in [0.2, 0.25) is 5.56 Å². The predicted molar refractivity (Wildman–Crippen MR) is 83.1 cm³/mol. The number of hydrogen-bond donors (Lipinski definition) is 2. The number of aromatic amines is 1. The summed E-state index contributed by atoms with van der Waals surface area (Å²) < 4.78 is 45.4. The number of ether oxygens (including phenoxy) is 1. The van der Waals surface area contributed by atoms with E-state index in [1.54, 1.807) is 0 Å². The Morgan fingerprint density at radius 3 is 2.44 bits per heavy atom. The lowest BCUT2D eigenvalue weighted by Crippen LogP contribution is -2.37. The van der Waals surface area contributed by atoms with Gasteiger partial charge in [-0.2, -0.15) is 18.3 Å². The van der Waals surface area contributed by atoms with Crippen LogP contribution in [0.2, 0.25) is 0 Å². The van der Waals surface area contributed by atoms with Crippen molar-refractivity contribution in [2.75, 3.05) is 0 Å². The van der Waals surface area contributed by atoms with Crippen molar-refractivity contribution in [1.82, 2.24) is 10.4 Å². The Hall–Kier alpha value is -3.10. The van der Waals surface area contributed by atoms with E-state index >= 15 is 0 Å². The van der Waals surface area contributed by atoms with E-state index in [1.807, 2.05) is 0 Å². The summed E-state index contributed by atoms with van der Waals surface area (Å²) in [7, 11) is 0. The van der Waals surface area contributed by atoms with E-state index < -0.39 is 29.5 Å². The second-order valence-electron chi connectivity index (χ2n) is 5.36. The molecule has 0 spiro atoms. The molecule has 0 bridgehead atoms. The van der Waals surface area contributed by atoms with Gasteiger partial charge in [-0.15, -0.1) is 0 Å². The monoisotopic (exact) mass is 351 g/mol. The van der Waals surface area contributed by atoms with Gasteiger partial charge in [-0.1, -0.05) is 12.1 Å². The molecule has 1 aromatic heterocycles. The van der Waals surface area contributed by atoms with E-state index in [0.29, 0.717) is 0 Å². The molecule has 2 aromatic rings. The second kappa shape index (κ2) is 6.08. The highest BCUT2D eigenvalue weighted by Gasteiger charge is 2.35. The fourth-order valence-electron chi connectivity index (χ4n) is 2.51. The fourth-order valence-corrected chi connectivity index (χ4v) is 2.51. The smallest absolute Gasteiger partial charge is 0.428 e. The number of alkyl halides is 3. The van der Waals surface area contributed by atoms with Crippen molar-refractivity contribution in [1.29, 1.82) is 0 Å². The summed E-state index contributed by atoms with van der Waals surface area (Å²) >= 11 is 0. The molecule has 2 heterocycles. The van der Waals surface area contributed by atoms with Crippen LogP contribution in [0.1, 0.15) is 18.1 Å². The Labute approximate surface area is 139 Å². The van der Waals surface area contributed by atoms with Crippen LogP contribution in [-0.2, 0) is 10.9 Å². The fraction of sp³-hybridized carbons (Fsp3) is 0.188. The largest absolute Gasteiger partial charge is 0.439 e. The molecule has 9 heteroatoms. The summed E-state index contributed by atoms with van der Waals surface area (Å²) in [6.45, 7) is 1.51. The van der Waals surface area contributed by atoms with Gasteiger partial charge in [0.15, 0.2) is 0 Å². The van der Waals surface area contributed by atoms with Crippen LogP contribution in [0, 0.1) is 0 Å². The van der Waals surface area contributed by atoms with Crippen LogP contribution in [0.5, 0.6) is 0 Å². The summed E-state index contributed by atoms with van der Waals surface area (Å²) in [5, 5.41) is 3.78. The highest BCUT2D eigenvalue weighted by molar-refractivity contribution is 6.06. The molecule has 3 rings (SSSR count). The minimum absolute atomic E-state index is 0.0819. The van der Waals surface area contributed by atoms with Crippen molar-refractivity contribution >= 4 is 11.8 Å². The number of H-pyrrole nitrogens is 1. The molecule has 1 atom stereocenters. The van der Waals surface area contributed by atoms with Crippen LogP contribution in [0.4, 0.5) is 18.0 Å². The highest BCUT2D eigenvalue weighted by atomic mass is 19.4. The number of cyclic esters (lactones) is 1. The maximum absolute atomic E-state index is 13.5. The Morgan fingerprint density at radius 1 is 1.12 bits per heavy atom. The molecule has 0 unspecified atom stereocenters. The average Bonchev–Trinajstić information content (AvgIpc) is 2.54. The quantitative estimate of drug-likeness (QED) is 0.873. The normalized spacial score (nSPS) is 17.5. The van der Waals surface area contributed by atoms with Gasteiger partial charge in [0.25, 0.3) is 0 Å². The van der Waals surface area contributed by atoms with Crippen molar-refractivity contribution in [3.63, 3.8) is 0 Å². The summed E-state index contributed by atoms with van der Waals surface area (Å²) in [5.41, 5.74) is 1.28. The first kappa shape index (κ1) is 16.7. The van der Waals surface area contributed by atoms with Gasteiger partial charge in [-0.05, 0) is 30.2 Å². The van der Waals surface area contributed by atoms with Crippen LogP contribution in [-0.4, -0.2) is 22.9 Å². The Kier molecular flexibility index (Phi) is 4.07. The Balaban J connectivity index is 2.12. The molecule has 0 fully saturated rings. The van der Waals surface area contributed by atoms with Gasteiger partial charge in [0, 0.05) is 17.8 Å². The molecule has 2 N–H and O–H groups in total. The third-order valence-corrected chi connectivity index (χ3v) is 3.65. The second-order valence-corrected chi connectivity index (χ2v) is 5.36. The van der Waals surface area contributed by atoms with Crippen molar-refractivity contribution < 1.29 is 22.7 Å². The number of carbonyl (C=O) groups is 1. The van der Waals surface area contributed by atoms with Crippen LogP contribution in [0.3, 0.4) is 0 Å². The SMILES string of the molecule is C[C@@H]1OC(=O)NN=C1c1ccc(-c2ccc(=O)[nH]c2)c(C(F)(F)F)c1. The Morgan fingerprint density at radius 2 is 1.84 bits per heavy atom. The number of rotatable bonds is 2. The molecule has 1 aliphatic rings. The van der Waals surface area contributed by atoms with Gasteiger partial charge in [-0.25, -0.2) is 10.2 Å². The first-order chi connectivity index (χ1) is 11.8. The number of amides is 1. The molecular formula is C16H12F3N3O3. The molecular weight excluding hydrogens is 339 g/mol. The average molecular weight is 351 g/mol. The first-order valence-corrected chi connectivity index (χ1v) is 7.20. The van der Waals surface area contributed by atoms with Crippen molar-refractivity contribution in [3.05, 3.63) is 58.0 Å². The zero-order chi connectivity index (χ0) is 18.2. The number of aromatic nitrogens is 1. The van der Waals surface area contributed by atoms with Gasteiger partial charge in [0.1, 0.15) is 11.8 Å². The van der Waals surface area contributed by atoms with Crippen LogP contribution in [0.25, 0.3) is 11.1 Å². The van der Waals surface area contributed by atoms with E-state index in [9.17, 15) is 22.8 Å². The van der Waals surface area contributed by atoms with Crippen LogP contribution >= 0.6 is 0 Å². The first-order valence-electron chi connectivity index (χ1n) is 7.20. The lowest BCUT2D eigenvalue weighted by molar-refractivity contribution is -0.137. The van der Waals surface area contributed by atoms with Crippen molar-refractivity contribution in [2.45, 2.75) is 19.2 Å². The minimum atomic E-state index is -4.62. The molecule has 25 heavy (non-hydrogen) atoms. The van der Waals surface area contributed by atoms with Crippen LogP contribution in [0.15, 0.2) is 46.4 Å². The molecule has 0 radical (unpaired) electrons. The number of nitrogens with zero attached hydrogens (tertiary/aromatic N) is 1. The van der Waals surface area contributed by atoms with E-state index in [1.165, 1.54) is 31.3 Å². The van der Waals surface area contributed by atoms with E-state index in [4.69, 9.17) is 4.74 Å². The topological polar surface area (TPSA) is 83.5 Å². The molecule has 0 saturated heterocycles. The summed E-state index contributed by atoms with van der Waals surface area (Å²) in [6.07, 6.45) is -4.95. The molecule has 0 aliphatic carbocycles. The minimum Gasteiger partial charge on any atom is -0.439 e. The lowest BCUT2D eigenvalue weighted by atomic mass is 9.95. The number of carbonyl (C=O) groups excluding carboxylic acids is 1. The zero-order valence-electron chi connectivity index (χ0n) is 12.8. The lowest BCUT2D eigenvalue weighted by Gasteiger charge is -2.21. The van der Waals surface area contributed by atoms with E-state index in [2.05, 4.69) is 15.5 Å². The van der Waals surface area contributed by atoms with E-state index in [-0.39, 0.29) is 22.4 Å². The van der Waals surface area contributed by atoms with E-state index in [0.717, 1.165) is 12.1 Å². The standard InChI is InChI=1S/C16H12F3N3O3/c1-8-14(21-22-15(24)25-8)9-2-4-11(12(6-9)16(17,18)19)10-3-5-13(23)20-7-10/h2-8H,1H3,(H,20,23)(H,22,24)/t8-/m0/s1. The third kappa shape index (κ3) is 3.39.